The summed E-state index contributed by atoms with van der Waals surface area (Å²) in [5.74, 6) is 0.667. The van der Waals surface area contributed by atoms with Crippen molar-refractivity contribution >= 4 is 33.5 Å². The van der Waals surface area contributed by atoms with Crippen molar-refractivity contribution in [1.29, 1.82) is 0 Å². The summed E-state index contributed by atoms with van der Waals surface area (Å²) in [6.07, 6.45) is 1.67. The second-order valence-corrected chi connectivity index (χ2v) is 7.87. The molecule has 29 heavy (non-hydrogen) atoms. The summed E-state index contributed by atoms with van der Waals surface area (Å²) in [6.45, 7) is 4.45. The molecule has 1 aromatic heterocycles. The molecule has 0 atom stereocenters. The summed E-state index contributed by atoms with van der Waals surface area (Å²) in [4.78, 5) is 14.0. The van der Waals surface area contributed by atoms with E-state index in [9.17, 15) is 4.79 Å². The third-order valence-corrected chi connectivity index (χ3v) is 6.01. The maximum absolute atomic E-state index is 12.5. The van der Waals surface area contributed by atoms with E-state index in [1.54, 1.807) is 24.7 Å². The van der Waals surface area contributed by atoms with Crippen molar-refractivity contribution < 1.29 is 19.2 Å². The molecule has 3 aromatic rings. The maximum Gasteiger partial charge on any atom is 0.272 e. The van der Waals surface area contributed by atoms with E-state index in [0.717, 1.165) is 59.8 Å². The molecule has 7 heteroatoms. The van der Waals surface area contributed by atoms with Crippen molar-refractivity contribution in [2.24, 2.45) is 5.10 Å². The maximum atomic E-state index is 12.5. The third-order valence-electron chi connectivity index (χ3n) is 5.05. The number of ether oxygens (including phenoxy) is 2. The van der Waals surface area contributed by atoms with Crippen LogP contribution in [0.2, 0.25) is 0 Å². The number of nitrogens with one attached hydrogen (secondary N) is 2. The lowest BCUT2D eigenvalue weighted by Crippen LogP contribution is -3.12. The molecule has 1 fully saturated rings. The summed E-state index contributed by atoms with van der Waals surface area (Å²) < 4.78 is 12.0. The van der Waals surface area contributed by atoms with Crippen LogP contribution in [0.25, 0.3) is 10.1 Å². The van der Waals surface area contributed by atoms with Gasteiger partial charge in [-0.25, -0.2) is 5.43 Å². The fourth-order valence-corrected chi connectivity index (χ4v) is 4.44. The highest BCUT2D eigenvalue weighted by atomic mass is 32.1. The summed E-state index contributed by atoms with van der Waals surface area (Å²) >= 11 is 1.56. The number of quaternary nitrogens is 1. The quantitative estimate of drug-likeness (QED) is 0.483. The molecule has 0 bridgehead atoms. The van der Waals surface area contributed by atoms with Crippen LogP contribution in [0.5, 0.6) is 5.75 Å². The highest BCUT2D eigenvalue weighted by molar-refractivity contribution is 7.17. The summed E-state index contributed by atoms with van der Waals surface area (Å²) in [7, 11) is 1.69. The molecule has 1 amide bonds. The van der Waals surface area contributed by atoms with Crippen molar-refractivity contribution in [3.63, 3.8) is 0 Å². The van der Waals surface area contributed by atoms with Gasteiger partial charge in [0.15, 0.2) is 0 Å². The number of hydrazone groups is 1. The fourth-order valence-electron chi connectivity index (χ4n) is 3.50. The van der Waals surface area contributed by atoms with E-state index < -0.39 is 0 Å². The molecule has 0 unspecified atom stereocenters. The lowest BCUT2D eigenvalue weighted by Gasteiger charge is -2.24. The minimum Gasteiger partial charge on any atom is -0.496 e. The molecule has 1 aliphatic heterocycles. The molecule has 0 spiro atoms. The molecule has 6 nitrogen and oxygen atoms in total. The number of carbonyl (C=O) groups excluding carboxylic acids is 1. The smallest absolute Gasteiger partial charge is 0.272 e. The second kappa shape index (κ2) is 9.17. The number of hydrogen-bond donors (Lipinski definition) is 2. The van der Waals surface area contributed by atoms with E-state index in [1.807, 2.05) is 41.8 Å². The molecule has 2 heterocycles. The molecule has 1 saturated heterocycles. The first-order valence-electron chi connectivity index (χ1n) is 9.62. The number of nitrogens with zero attached hydrogens (tertiary/aromatic N) is 1. The summed E-state index contributed by atoms with van der Waals surface area (Å²) in [5, 5.41) is 6.98. The van der Waals surface area contributed by atoms with Gasteiger partial charge in [0.2, 0.25) is 0 Å². The van der Waals surface area contributed by atoms with E-state index >= 15 is 0 Å². The van der Waals surface area contributed by atoms with Crippen molar-refractivity contribution in [2.45, 2.75) is 6.54 Å². The van der Waals surface area contributed by atoms with Crippen LogP contribution < -0.4 is 15.1 Å². The van der Waals surface area contributed by atoms with Crippen LogP contribution in [0.4, 0.5) is 0 Å². The molecule has 0 saturated carbocycles. The molecular formula is C22H24N3O3S+. The van der Waals surface area contributed by atoms with Crippen LogP contribution in [0.3, 0.4) is 0 Å². The highest BCUT2D eigenvalue weighted by Gasteiger charge is 2.17. The van der Waals surface area contributed by atoms with Crippen molar-refractivity contribution in [2.75, 3.05) is 33.4 Å². The number of amides is 1. The molecule has 150 valence electrons. The topological polar surface area (TPSA) is 64.4 Å². The summed E-state index contributed by atoms with van der Waals surface area (Å²) in [5.41, 5.74) is 5.34. The van der Waals surface area contributed by atoms with Crippen molar-refractivity contribution in [3.8, 4) is 5.75 Å². The number of carbonyl (C=O) groups is 1. The normalized spacial score (nSPS) is 15.1. The van der Waals surface area contributed by atoms with Crippen molar-refractivity contribution in [1.82, 2.24) is 5.43 Å². The van der Waals surface area contributed by atoms with Gasteiger partial charge in [-0.15, -0.1) is 11.3 Å². The molecule has 2 N–H and O–H groups in total. The van der Waals surface area contributed by atoms with E-state index in [0.29, 0.717) is 5.56 Å². The number of morpholine rings is 1. The Balaban J connectivity index is 1.44. The molecule has 0 aliphatic carbocycles. The van der Waals surface area contributed by atoms with Gasteiger partial charge in [-0.2, -0.15) is 5.10 Å². The zero-order chi connectivity index (χ0) is 20.1. The zero-order valence-electron chi connectivity index (χ0n) is 16.3. The Labute approximate surface area is 173 Å². The Morgan fingerprint density at radius 1 is 1.28 bits per heavy atom. The van der Waals surface area contributed by atoms with E-state index in [1.165, 1.54) is 4.90 Å². The molecule has 2 aromatic carbocycles. The van der Waals surface area contributed by atoms with Crippen LogP contribution in [0.1, 0.15) is 21.5 Å². The largest absolute Gasteiger partial charge is 0.496 e. The predicted octanol–water partition coefficient (Wildman–Crippen LogP) is 2.09. The van der Waals surface area contributed by atoms with E-state index in [-0.39, 0.29) is 5.91 Å². The standard InChI is InChI=1S/C22H23N3O3S/c1-27-20-7-6-16(12-17(20)14-25-8-10-28-11-9-25)13-23-24-22(26)19-15-29-21-5-3-2-4-18(19)21/h2-7,12-13,15H,8-11,14H2,1H3,(H,24,26)/p+1. The number of hydrogen-bond acceptors (Lipinski definition) is 5. The third kappa shape index (κ3) is 4.64. The van der Waals surface area contributed by atoms with Gasteiger partial charge in [-0.1, -0.05) is 18.2 Å². The zero-order valence-corrected chi connectivity index (χ0v) is 17.1. The van der Waals surface area contributed by atoms with Crippen LogP contribution in [0, 0.1) is 0 Å². The Morgan fingerprint density at radius 3 is 2.93 bits per heavy atom. The minimum atomic E-state index is -0.204. The average molecular weight is 411 g/mol. The van der Waals surface area contributed by atoms with Gasteiger partial charge in [0, 0.05) is 21.0 Å². The lowest BCUT2D eigenvalue weighted by atomic mass is 10.1. The fraction of sp³-hybridized carbons (Fsp3) is 0.273. The Morgan fingerprint density at radius 2 is 2.10 bits per heavy atom. The Bertz CT molecular complexity index is 1030. The first-order valence-corrected chi connectivity index (χ1v) is 10.5. The van der Waals surface area contributed by atoms with Gasteiger partial charge in [0.05, 0.1) is 32.1 Å². The van der Waals surface area contributed by atoms with Gasteiger partial charge in [-0.05, 0) is 29.8 Å². The van der Waals surface area contributed by atoms with Crippen LogP contribution in [0.15, 0.2) is 52.9 Å². The van der Waals surface area contributed by atoms with Crippen LogP contribution >= 0.6 is 11.3 Å². The first-order chi connectivity index (χ1) is 14.2. The second-order valence-electron chi connectivity index (χ2n) is 6.96. The van der Waals surface area contributed by atoms with E-state index in [4.69, 9.17) is 9.47 Å². The molecule has 1 aliphatic rings. The Hall–Kier alpha value is -2.74. The number of benzene rings is 2. The molecular weight excluding hydrogens is 386 g/mol. The summed E-state index contributed by atoms with van der Waals surface area (Å²) in [6, 6.07) is 13.8. The molecule has 0 radical (unpaired) electrons. The molecule has 4 rings (SSSR count). The van der Waals surface area contributed by atoms with Gasteiger partial charge in [-0.3, -0.25) is 4.79 Å². The number of thiophene rings is 1. The van der Waals surface area contributed by atoms with Crippen LogP contribution in [-0.2, 0) is 11.3 Å². The lowest BCUT2D eigenvalue weighted by molar-refractivity contribution is -0.921. The number of rotatable bonds is 6. The SMILES string of the molecule is COc1ccc(C=NNC(=O)c2csc3ccccc23)cc1C[NH+]1CCOCC1. The average Bonchev–Trinajstić information content (AvgIpc) is 3.19. The highest BCUT2D eigenvalue weighted by Crippen LogP contribution is 2.25. The van der Waals surface area contributed by atoms with Crippen LogP contribution in [-0.4, -0.2) is 45.5 Å². The van der Waals surface area contributed by atoms with Crippen molar-refractivity contribution in [3.05, 3.63) is 64.5 Å². The van der Waals surface area contributed by atoms with Gasteiger partial charge in [0.25, 0.3) is 5.91 Å². The first kappa shape index (κ1) is 19.6. The number of fused-ring (bicyclic) bond motifs is 1. The van der Waals surface area contributed by atoms with Gasteiger partial charge in [0.1, 0.15) is 25.4 Å². The Kier molecular flexibility index (Phi) is 6.19. The number of methoxy groups -OCH3 is 1. The van der Waals surface area contributed by atoms with E-state index in [2.05, 4.69) is 16.6 Å². The van der Waals surface area contributed by atoms with Gasteiger partial charge >= 0.3 is 0 Å². The predicted molar refractivity (Wildman–Crippen MR) is 115 cm³/mol. The monoisotopic (exact) mass is 410 g/mol. The minimum absolute atomic E-state index is 0.204. The van der Waals surface area contributed by atoms with Gasteiger partial charge < -0.3 is 14.4 Å².